The Morgan fingerprint density at radius 3 is 2.41 bits per heavy atom. The van der Waals surface area contributed by atoms with Crippen LogP contribution in [0.5, 0.6) is 5.75 Å². The maximum atomic E-state index is 12.5. The quantitative estimate of drug-likeness (QED) is 0.827. The van der Waals surface area contributed by atoms with Gasteiger partial charge in [0.25, 0.3) is 5.91 Å². The molecule has 1 aliphatic heterocycles. The molecule has 0 saturated carbocycles. The van der Waals surface area contributed by atoms with Crippen molar-refractivity contribution in [3.8, 4) is 5.75 Å². The smallest absolute Gasteiger partial charge is 0.407 e. The lowest BCUT2D eigenvalue weighted by atomic mass is 10.0. The minimum atomic E-state index is -0.373. The van der Waals surface area contributed by atoms with Crippen LogP contribution >= 0.6 is 0 Å². The number of rotatable bonds is 6. The van der Waals surface area contributed by atoms with Gasteiger partial charge in [0.05, 0.1) is 6.61 Å². The van der Waals surface area contributed by atoms with Gasteiger partial charge in [-0.1, -0.05) is 26.0 Å². The van der Waals surface area contributed by atoms with Crippen molar-refractivity contribution < 1.29 is 19.1 Å². The molecule has 0 atom stereocenters. The molecule has 2 amide bonds. The Hall–Kier alpha value is -2.24. The SMILES string of the molecule is Cc1ccc(C)c(OCC(=O)N2CCC(NC(=O)OCC(C)C)CC2)c1C. The van der Waals surface area contributed by atoms with Crippen LogP contribution in [0.15, 0.2) is 12.1 Å². The Morgan fingerprint density at radius 1 is 1.15 bits per heavy atom. The van der Waals surface area contributed by atoms with Crippen LogP contribution < -0.4 is 10.1 Å². The van der Waals surface area contributed by atoms with Crippen LogP contribution in [0.2, 0.25) is 0 Å². The number of aryl methyl sites for hydroxylation is 2. The van der Waals surface area contributed by atoms with Crippen LogP contribution in [0, 0.1) is 26.7 Å². The summed E-state index contributed by atoms with van der Waals surface area (Å²) >= 11 is 0. The van der Waals surface area contributed by atoms with Crippen LogP contribution in [-0.2, 0) is 9.53 Å². The van der Waals surface area contributed by atoms with E-state index in [0.717, 1.165) is 35.3 Å². The maximum Gasteiger partial charge on any atom is 0.407 e. The zero-order valence-electron chi connectivity index (χ0n) is 17.1. The Morgan fingerprint density at radius 2 is 1.78 bits per heavy atom. The van der Waals surface area contributed by atoms with E-state index in [4.69, 9.17) is 9.47 Å². The van der Waals surface area contributed by atoms with Gasteiger partial charge >= 0.3 is 6.09 Å². The van der Waals surface area contributed by atoms with Gasteiger partial charge in [0.1, 0.15) is 5.75 Å². The molecule has 0 aromatic heterocycles. The largest absolute Gasteiger partial charge is 0.483 e. The molecular formula is C21H32N2O4. The van der Waals surface area contributed by atoms with Gasteiger partial charge in [-0.3, -0.25) is 4.79 Å². The summed E-state index contributed by atoms with van der Waals surface area (Å²) < 4.78 is 11.0. The van der Waals surface area contributed by atoms with Crippen molar-refractivity contribution in [2.45, 2.75) is 53.5 Å². The number of nitrogens with one attached hydrogen (secondary N) is 1. The number of hydrogen-bond acceptors (Lipinski definition) is 4. The molecule has 1 aromatic carbocycles. The van der Waals surface area contributed by atoms with E-state index in [9.17, 15) is 9.59 Å². The van der Waals surface area contributed by atoms with E-state index in [2.05, 4.69) is 11.4 Å². The minimum absolute atomic E-state index is 0.0175. The predicted octanol–water partition coefficient (Wildman–Crippen LogP) is 3.36. The normalized spacial score (nSPS) is 15.0. The summed E-state index contributed by atoms with van der Waals surface area (Å²) in [4.78, 5) is 26.0. The molecule has 1 fully saturated rings. The Labute approximate surface area is 162 Å². The molecule has 2 rings (SSSR count). The maximum absolute atomic E-state index is 12.5. The molecule has 1 N–H and O–H groups in total. The number of alkyl carbamates (subject to hydrolysis) is 1. The second kappa shape index (κ2) is 9.62. The third kappa shape index (κ3) is 6.15. The van der Waals surface area contributed by atoms with Gasteiger partial charge in [-0.2, -0.15) is 0 Å². The second-order valence-corrected chi connectivity index (χ2v) is 7.73. The van der Waals surface area contributed by atoms with Crippen molar-refractivity contribution in [1.82, 2.24) is 10.2 Å². The molecule has 0 radical (unpaired) electrons. The van der Waals surface area contributed by atoms with E-state index >= 15 is 0 Å². The van der Waals surface area contributed by atoms with Crippen LogP contribution in [0.3, 0.4) is 0 Å². The molecule has 0 aliphatic carbocycles. The first-order chi connectivity index (χ1) is 12.8. The van der Waals surface area contributed by atoms with Crippen LogP contribution in [0.4, 0.5) is 4.79 Å². The molecule has 1 heterocycles. The van der Waals surface area contributed by atoms with Crippen molar-refractivity contribution in [2.75, 3.05) is 26.3 Å². The minimum Gasteiger partial charge on any atom is -0.483 e. The fraction of sp³-hybridized carbons (Fsp3) is 0.619. The van der Waals surface area contributed by atoms with E-state index in [1.807, 2.05) is 40.7 Å². The summed E-state index contributed by atoms with van der Waals surface area (Å²) in [7, 11) is 0. The fourth-order valence-corrected chi connectivity index (χ4v) is 3.10. The zero-order chi connectivity index (χ0) is 20.0. The third-order valence-electron chi connectivity index (χ3n) is 4.93. The number of amides is 2. The molecule has 1 aromatic rings. The highest BCUT2D eigenvalue weighted by atomic mass is 16.5. The van der Waals surface area contributed by atoms with E-state index in [1.54, 1.807) is 4.90 Å². The number of carbonyl (C=O) groups excluding carboxylic acids is 2. The Balaban J connectivity index is 1.77. The first-order valence-corrected chi connectivity index (χ1v) is 9.68. The highest BCUT2D eigenvalue weighted by Gasteiger charge is 2.24. The highest BCUT2D eigenvalue weighted by molar-refractivity contribution is 5.78. The number of piperidine rings is 1. The van der Waals surface area contributed by atoms with Crippen molar-refractivity contribution in [3.63, 3.8) is 0 Å². The van der Waals surface area contributed by atoms with Gasteiger partial charge < -0.3 is 19.7 Å². The van der Waals surface area contributed by atoms with Crippen molar-refractivity contribution >= 4 is 12.0 Å². The molecule has 0 spiro atoms. The summed E-state index contributed by atoms with van der Waals surface area (Å²) in [6.45, 7) is 11.7. The molecule has 150 valence electrons. The van der Waals surface area contributed by atoms with Crippen molar-refractivity contribution in [1.29, 1.82) is 0 Å². The van der Waals surface area contributed by atoms with Gasteiger partial charge in [-0.15, -0.1) is 0 Å². The van der Waals surface area contributed by atoms with E-state index < -0.39 is 0 Å². The average Bonchev–Trinajstić information content (AvgIpc) is 2.63. The topological polar surface area (TPSA) is 67.9 Å². The second-order valence-electron chi connectivity index (χ2n) is 7.73. The first kappa shape index (κ1) is 21.1. The Kier molecular flexibility index (Phi) is 7.51. The average molecular weight is 376 g/mol. The molecule has 0 unspecified atom stereocenters. The van der Waals surface area contributed by atoms with E-state index in [0.29, 0.717) is 25.6 Å². The molecule has 27 heavy (non-hydrogen) atoms. The Bertz CT molecular complexity index is 664. The lowest BCUT2D eigenvalue weighted by molar-refractivity contribution is -0.134. The lowest BCUT2D eigenvalue weighted by Gasteiger charge is -2.32. The zero-order valence-corrected chi connectivity index (χ0v) is 17.1. The van der Waals surface area contributed by atoms with Gasteiger partial charge in [0.15, 0.2) is 6.61 Å². The van der Waals surface area contributed by atoms with Crippen LogP contribution in [0.1, 0.15) is 43.4 Å². The molecule has 1 aliphatic rings. The third-order valence-corrected chi connectivity index (χ3v) is 4.93. The van der Waals surface area contributed by atoms with Crippen molar-refractivity contribution in [3.05, 3.63) is 28.8 Å². The number of benzene rings is 1. The predicted molar refractivity (Wildman–Crippen MR) is 105 cm³/mol. The summed E-state index contributed by atoms with van der Waals surface area (Å²) in [5, 5.41) is 2.88. The van der Waals surface area contributed by atoms with Gasteiger partial charge in [-0.25, -0.2) is 4.79 Å². The number of likely N-dealkylation sites (tertiary alicyclic amines) is 1. The number of carbonyl (C=O) groups is 2. The first-order valence-electron chi connectivity index (χ1n) is 9.68. The van der Waals surface area contributed by atoms with Crippen LogP contribution in [-0.4, -0.2) is 49.2 Å². The number of hydrogen-bond donors (Lipinski definition) is 1. The van der Waals surface area contributed by atoms with E-state index in [-0.39, 0.29) is 24.6 Å². The highest BCUT2D eigenvalue weighted by Crippen LogP contribution is 2.25. The summed E-state index contributed by atoms with van der Waals surface area (Å²) in [6, 6.07) is 4.12. The van der Waals surface area contributed by atoms with Crippen LogP contribution in [0.25, 0.3) is 0 Å². The summed E-state index contributed by atoms with van der Waals surface area (Å²) in [5.41, 5.74) is 3.26. The van der Waals surface area contributed by atoms with Crippen molar-refractivity contribution in [2.24, 2.45) is 5.92 Å². The van der Waals surface area contributed by atoms with Gasteiger partial charge in [0, 0.05) is 19.1 Å². The summed E-state index contributed by atoms with van der Waals surface area (Å²) in [6.07, 6.45) is 1.08. The number of ether oxygens (including phenoxy) is 2. The molecule has 0 bridgehead atoms. The molecule has 1 saturated heterocycles. The molecule has 6 nitrogen and oxygen atoms in total. The van der Waals surface area contributed by atoms with Gasteiger partial charge in [0.2, 0.25) is 0 Å². The standard InChI is InChI=1S/C21H32N2O4/c1-14(2)12-27-21(25)22-18-8-10-23(11-9-18)19(24)13-26-20-16(4)7-6-15(3)17(20)5/h6-7,14,18H,8-13H2,1-5H3,(H,22,25). The monoisotopic (exact) mass is 376 g/mol. The number of nitrogens with zero attached hydrogens (tertiary/aromatic N) is 1. The lowest BCUT2D eigenvalue weighted by Crippen LogP contribution is -2.47. The van der Waals surface area contributed by atoms with E-state index in [1.165, 1.54) is 0 Å². The molecule has 6 heteroatoms. The van der Waals surface area contributed by atoms with Gasteiger partial charge in [-0.05, 0) is 56.2 Å². The summed E-state index contributed by atoms with van der Waals surface area (Å²) in [5.74, 6) is 1.10. The molecular weight excluding hydrogens is 344 g/mol. The fourth-order valence-electron chi connectivity index (χ4n) is 3.10.